The zero-order valence-electron chi connectivity index (χ0n) is 8.09. The van der Waals surface area contributed by atoms with Crippen LogP contribution in [0.3, 0.4) is 0 Å². The molecule has 14 heavy (non-hydrogen) atoms. The molecule has 0 amide bonds. The van der Waals surface area contributed by atoms with Crippen molar-refractivity contribution in [1.29, 1.82) is 0 Å². The van der Waals surface area contributed by atoms with E-state index in [0.29, 0.717) is 5.25 Å². The molecule has 3 heteroatoms. The van der Waals surface area contributed by atoms with Gasteiger partial charge in [0.15, 0.2) is 0 Å². The quantitative estimate of drug-likeness (QED) is 0.717. The number of amidine groups is 1. The van der Waals surface area contributed by atoms with Crippen LogP contribution in [-0.4, -0.2) is 5.17 Å². The SMILES string of the molecule is CC(c1ccccc1)[SH]1C=CN=C1N. The van der Waals surface area contributed by atoms with Crippen LogP contribution in [0.15, 0.2) is 46.9 Å². The van der Waals surface area contributed by atoms with Crippen molar-refractivity contribution in [1.82, 2.24) is 0 Å². The fraction of sp³-hybridized carbons (Fsp3) is 0.182. The Hall–Kier alpha value is -1.22. The topological polar surface area (TPSA) is 38.4 Å². The van der Waals surface area contributed by atoms with Crippen LogP contribution in [0.5, 0.6) is 0 Å². The first-order chi connectivity index (χ1) is 6.79. The molecule has 0 saturated carbocycles. The van der Waals surface area contributed by atoms with Crippen LogP contribution in [0, 0.1) is 0 Å². The second kappa shape index (κ2) is 3.88. The third kappa shape index (κ3) is 1.68. The van der Waals surface area contributed by atoms with Gasteiger partial charge in [0.05, 0.1) is 0 Å². The molecule has 0 saturated heterocycles. The second-order valence-electron chi connectivity index (χ2n) is 3.28. The Labute approximate surface area is 86.9 Å². The molecule has 0 spiro atoms. The molecule has 0 aliphatic carbocycles. The summed E-state index contributed by atoms with van der Waals surface area (Å²) >= 11 is 0. The smallest absolute Gasteiger partial charge is 0.142 e. The van der Waals surface area contributed by atoms with Crippen molar-refractivity contribution in [2.45, 2.75) is 12.2 Å². The van der Waals surface area contributed by atoms with Crippen molar-refractivity contribution in [3.8, 4) is 0 Å². The number of benzene rings is 1. The third-order valence-corrected chi connectivity index (χ3v) is 4.63. The summed E-state index contributed by atoms with van der Waals surface area (Å²) in [6.45, 7) is 2.21. The molecule has 0 radical (unpaired) electrons. The average Bonchev–Trinajstić information content (AvgIpc) is 2.65. The van der Waals surface area contributed by atoms with Crippen LogP contribution in [0.4, 0.5) is 0 Å². The molecule has 0 fully saturated rings. The van der Waals surface area contributed by atoms with Gasteiger partial charge in [-0.25, -0.2) is 4.99 Å². The number of nitrogens with zero attached hydrogens (tertiary/aromatic N) is 1. The van der Waals surface area contributed by atoms with E-state index in [1.165, 1.54) is 5.56 Å². The summed E-state index contributed by atoms with van der Waals surface area (Å²) in [5.74, 6) is 0. The summed E-state index contributed by atoms with van der Waals surface area (Å²) in [4.78, 5) is 4.11. The predicted octanol–water partition coefficient (Wildman–Crippen LogP) is 2.55. The Balaban J connectivity index is 2.21. The molecular formula is C11H14N2S. The van der Waals surface area contributed by atoms with Gasteiger partial charge in [-0.3, -0.25) is 0 Å². The lowest BCUT2D eigenvalue weighted by Crippen LogP contribution is -2.11. The van der Waals surface area contributed by atoms with Gasteiger partial charge in [-0.2, -0.15) is 10.9 Å². The molecule has 2 N–H and O–H groups in total. The van der Waals surface area contributed by atoms with Crippen LogP contribution in [-0.2, 0) is 0 Å². The molecule has 74 valence electrons. The lowest BCUT2D eigenvalue weighted by Gasteiger charge is -2.21. The van der Waals surface area contributed by atoms with Crippen molar-refractivity contribution >= 4 is 16.1 Å². The van der Waals surface area contributed by atoms with E-state index in [1.807, 2.05) is 12.3 Å². The summed E-state index contributed by atoms with van der Waals surface area (Å²) in [6.07, 6.45) is 1.82. The molecule has 1 aliphatic heterocycles. The van der Waals surface area contributed by atoms with E-state index in [1.54, 1.807) is 0 Å². The van der Waals surface area contributed by atoms with E-state index in [9.17, 15) is 0 Å². The molecule has 1 aromatic carbocycles. The number of nitrogens with two attached hydrogens (primary N) is 1. The number of aliphatic imine (C=N–C) groups is 1. The van der Waals surface area contributed by atoms with Crippen molar-refractivity contribution in [2.24, 2.45) is 10.7 Å². The van der Waals surface area contributed by atoms with Crippen LogP contribution in [0.1, 0.15) is 17.7 Å². The second-order valence-corrected chi connectivity index (χ2v) is 5.62. The normalized spacial score (nSPS) is 24.6. The van der Waals surface area contributed by atoms with Crippen molar-refractivity contribution < 1.29 is 0 Å². The molecule has 1 aliphatic rings. The van der Waals surface area contributed by atoms with Crippen LogP contribution < -0.4 is 5.73 Å². The van der Waals surface area contributed by atoms with Crippen LogP contribution in [0.25, 0.3) is 0 Å². The minimum atomic E-state index is -0.397. The van der Waals surface area contributed by atoms with Gasteiger partial charge in [0.25, 0.3) is 0 Å². The molecule has 2 atom stereocenters. The highest BCUT2D eigenvalue weighted by Crippen LogP contribution is 2.45. The Morgan fingerprint density at radius 2 is 2.00 bits per heavy atom. The monoisotopic (exact) mass is 206 g/mol. The standard InChI is InChI=1S/C11H14N2S/c1-9(10-5-3-2-4-6-10)14-8-7-13-11(14)12/h2-9,14H,1H3,(H2,12,13). The van der Waals surface area contributed by atoms with Gasteiger partial charge in [-0.05, 0) is 11.0 Å². The zero-order valence-corrected chi connectivity index (χ0v) is 8.99. The summed E-state index contributed by atoms with van der Waals surface area (Å²) < 4.78 is 0. The predicted molar refractivity (Wildman–Crippen MR) is 64.6 cm³/mol. The maximum atomic E-state index is 5.83. The highest BCUT2D eigenvalue weighted by molar-refractivity contribution is 8.32. The Morgan fingerprint density at radius 1 is 1.29 bits per heavy atom. The van der Waals surface area contributed by atoms with E-state index in [2.05, 4.69) is 41.6 Å². The first-order valence-electron chi connectivity index (χ1n) is 4.62. The number of hydrogen-bond donors (Lipinski definition) is 2. The fourth-order valence-electron chi connectivity index (χ4n) is 1.54. The van der Waals surface area contributed by atoms with E-state index in [0.717, 1.165) is 5.17 Å². The molecular weight excluding hydrogens is 192 g/mol. The fourth-order valence-corrected chi connectivity index (χ4v) is 3.26. The molecule has 0 aromatic heterocycles. The lowest BCUT2D eigenvalue weighted by molar-refractivity contribution is 1.10. The minimum Gasteiger partial charge on any atom is -0.379 e. The summed E-state index contributed by atoms with van der Waals surface area (Å²) in [5, 5.41) is 3.38. The summed E-state index contributed by atoms with van der Waals surface area (Å²) in [7, 11) is -0.397. The highest BCUT2D eigenvalue weighted by atomic mass is 32.2. The highest BCUT2D eigenvalue weighted by Gasteiger charge is 2.18. The van der Waals surface area contributed by atoms with Crippen molar-refractivity contribution in [3.05, 3.63) is 47.5 Å². The first kappa shape index (κ1) is 9.34. The number of thiol groups is 1. The van der Waals surface area contributed by atoms with Crippen LogP contribution in [0.2, 0.25) is 0 Å². The molecule has 2 unspecified atom stereocenters. The van der Waals surface area contributed by atoms with Gasteiger partial charge < -0.3 is 5.73 Å². The molecule has 2 rings (SSSR count). The maximum Gasteiger partial charge on any atom is 0.142 e. The zero-order chi connectivity index (χ0) is 9.97. The Kier molecular flexibility index (Phi) is 2.59. The Bertz CT molecular complexity index is 370. The largest absolute Gasteiger partial charge is 0.379 e. The van der Waals surface area contributed by atoms with Gasteiger partial charge in [-0.15, -0.1) is 0 Å². The van der Waals surface area contributed by atoms with Gasteiger partial charge in [0.2, 0.25) is 0 Å². The van der Waals surface area contributed by atoms with Crippen molar-refractivity contribution in [2.75, 3.05) is 0 Å². The maximum absolute atomic E-state index is 5.83. The van der Waals surface area contributed by atoms with E-state index >= 15 is 0 Å². The van der Waals surface area contributed by atoms with Gasteiger partial charge >= 0.3 is 0 Å². The molecule has 1 aromatic rings. The minimum absolute atomic E-state index is 0.397. The molecule has 1 heterocycles. The third-order valence-electron chi connectivity index (χ3n) is 2.40. The van der Waals surface area contributed by atoms with Gasteiger partial charge in [-0.1, -0.05) is 37.3 Å². The molecule has 2 nitrogen and oxygen atoms in total. The van der Waals surface area contributed by atoms with Gasteiger partial charge in [0, 0.05) is 11.4 Å². The van der Waals surface area contributed by atoms with Gasteiger partial charge in [0.1, 0.15) is 5.17 Å². The number of hydrogen-bond acceptors (Lipinski definition) is 2. The van der Waals surface area contributed by atoms with E-state index < -0.39 is 10.9 Å². The summed E-state index contributed by atoms with van der Waals surface area (Å²) in [6, 6.07) is 10.5. The molecule has 0 bridgehead atoms. The first-order valence-corrected chi connectivity index (χ1v) is 6.10. The lowest BCUT2D eigenvalue weighted by atomic mass is 10.2. The number of rotatable bonds is 2. The van der Waals surface area contributed by atoms with E-state index in [4.69, 9.17) is 5.73 Å². The van der Waals surface area contributed by atoms with Crippen LogP contribution >= 0.6 is 10.9 Å². The average molecular weight is 206 g/mol. The Morgan fingerprint density at radius 3 is 2.57 bits per heavy atom. The van der Waals surface area contributed by atoms with Crippen molar-refractivity contribution in [3.63, 3.8) is 0 Å². The van der Waals surface area contributed by atoms with E-state index in [-0.39, 0.29) is 0 Å². The summed E-state index contributed by atoms with van der Waals surface area (Å²) in [5.41, 5.74) is 7.17.